The third-order valence-electron chi connectivity index (χ3n) is 1.71. The molecule has 0 spiro atoms. The highest BCUT2D eigenvalue weighted by molar-refractivity contribution is 7.74. The largest absolute Gasteiger partial charge is 0.740 e. The van der Waals surface area contributed by atoms with Crippen molar-refractivity contribution >= 4 is 11.4 Å². The molecule has 0 radical (unpaired) electrons. The van der Waals surface area contributed by atoms with Crippen molar-refractivity contribution in [2.24, 2.45) is 5.92 Å². The Morgan fingerprint density at radius 3 is 2.79 bits per heavy atom. The fraction of sp³-hybridized carbons (Fsp3) is 0.400. The van der Waals surface area contributed by atoms with Gasteiger partial charge < -0.3 is 8.74 Å². The fourth-order valence-electron chi connectivity index (χ4n) is 1.27. The van der Waals surface area contributed by atoms with Gasteiger partial charge in [0.05, 0.1) is 0 Å². The summed E-state index contributed by atoms with van der Waals surface area (Å²) in [6.45, 7) is 4.22. The molecule has 4 heteroatoms. The Kier molecular flexibility index (Phi) is 4.10. The molecule has 0 heterocycles. The van der Waals surface area contributed by atoms with E-state index in [0.29, 0.717) is 11.7 Å². The molecule has 1 aromatic rings. The van der Waals surface area contributed by atoms with Gasteiger partial charge in [0.2, 0.25) is 0 Å². The summed E-state index contributed by atoms with van der Waals surface area (Å²) in [7, 11) is 0. The summed E-state index contributed by atoms with van der Waals surface area (Å²) in [4.78, 5) is 0. The Bertz CT molecular complexity index is 323. The standard InChI is InChI=1S/C10H14O3S/c1-8(2)6-9-4-3-5-10(7-9)13-14(11)12/h3-5,7-8H,6H2,1-2H3,(H,11,12)/p-1. The van der Waals surface area contributed by atoms with E-state index in [-0.39, 0.29) is 0 Å². The molecule has 0 aromatic heterocycles. The lowest BCUT2D eigenvalue weighted by Gasteiger charge is -2.09. The Morgan fingerprint density at radius 1 is 1.50 bits per heavy atom. The molecule has 1 rings (SSSR count). The minimum absolute atomic E-state index is 0.372. The molecule has 0 amide bonds. The molecule has 0 fully saturated rings. The van der Waals surface area contributed by atoms with E-state index >= 15 is 0 Å². The van der Waals surface area contributed by atoms with Crippen LogP contribution in [0.5, 0.6) is 5.75 Å². The van der Waals surface area contributed by atoms with E-state index in [0.717, 1.165) is 12.0 Å². The average molecular weight is 213 g/mol. The third-order valence-corrected chi connectivity index (χ3v) is 2.04. The third kappa shape index (κ3) is 3.89. The van der Waals surface area contributed by atoms with E-state index in [9.17, 15) is 8.76 Å². The molecule has 1 aromatic carbocycles. The topological polar surface area (TPSA) is 49.4 Å². The van der Waals surface area contributed by atoms with Crippen molar-refractivity contribution in [3.05, 3.63) is 29.8 Å². The van der Waals surface area contributed by atoms with Gasteiger partial charge in [-0.05, 0) is 30.0 Å². The first kappa shape index (κ1) is 11.2. The Balaban J connectivity index is 2.73. The summed E-state index contributed by atoms with van der Waals surface area (Å²) < 4.78 is 25.1. The van der Waals surface area contributed by atoms with Gasteiger partial charge in [-0.25, -0.2) is 4.21 Å². The molecular weight excluding hydrogens is 200 g/mol. The summed E-state index contributed by atoms with van der Waals surface area (Å²) in [6.07, 6.45) is 0.919. The van der Waals surface area contributed by atoms with Gasteiger partial charge in [0.15, 0.2) is 0 Å². The van der Waals surface area contributed by atoms with E-state index in [1.165, 1.54) is 0 Å². The first-order valence-electron chi connectivity index (χ1n) is 4.44. The summed E-state index contributed by atoms with van der Waals surface area (Å²) >= 11 is -2.49. The van der Waals surface area contributed by atoms with Gasteiger partial charge in [0.1, 0.15) is 17.1 Å². The lowest BCUT2D eigenvalue weighted by Crippen LogP contribution is -1.99. The normalized spacial score (nSPS) is 12.9. The van der Waals surface area contributed by atoms with Crippen LogP contribution in [0, 0.1) is 5.92 Å². The molecule has 0 saturated heterocycles. The van der Waals surface area contributed by atoms with Crippen molar-refractivity contribution in [3.8, 4) is 5.75 Å². The van der Waals surface area contributed by atoms with Gasteiger partial charge >= 0.3 is 0 Å². The SMILES string of the molecule is CC(C)Cc1cccc(OS(=O)[O-])c1. The predicted octanol–water partition coefficient (Wildman–Crippen LogP) is 2.06. The number of benzene rings is 1. The van der Waals surface area contributed by atoms with Crippen molar-refractivity contribution in [2.45, 2.75) is 20.3 Å². The quantitative estimate of drug-likeness (QED) is 0.719. The Morgan fingerprint density at radius 2 is 2.21 bits per heavy atom. The highest BCUT2D eigenvalue weighted by Gasteiger charge is 2.00. The zero-order valence-electron chi connectivity index (χ0n) is 8.23. The van der Waals surface area contributed by atoms with Crippen molar-refractivity contribution in [1.82, 2.24) is 0 Å². The van der Waals surface area contributed by atoms with E-state index in [1.54, 1.807) is 18.2 Å². The maximum Gasteiger partial charge on any atom is 0.139 e. The highest BCUT2D eigenvalue weighted by Crippen LogP contribution is 2.16. The van der Waals surface area contributed by atoms with Gasteiger partial charge in [-0.3, -0.25) is 0 Å². The van der Waals surface area contributed by atoms with Crippen LogP contribution in [0.3, 0.4) is 0 Å². The molecule has 0 aliphatic rings. The smallest absolute Gasteiger partial charge is 0.139 e. The molecule has 0 N–H and O–H groups in total. The van der Waals surface area contributed by atoms with E-state index in [1.807, 2.05) is 6.07 Å². The van der Waals surface area contributed by atoms with E-state index in [2.05, 4.69) is 18.0 Å². The number of hydrogen-bond donors (Lipinski definition) is 0. The second-order valence-electron chi connectivity index (χ2n) is 3.53. The van der Waals surface area contributed by atoms with Crippen LogP contribution in [0.1, 0.15) is 19.4 Å². The molecular formula is C10H13O3S-. The van der Waals surface area contributed by atoms with Crippen LogP contribution in [-0.2, 0) is 17.8 Å². The van der Waals surface area contributed by atoms with Crippen LogP contribution < -0.4 is 4.18 Å². The monoisotopic (exact) mass is 213 g/mol. The van der Waals surface area contributed by atoms with Crippen molar-refractivity contribution in [3.63, 3.8) is 0 Å². The second-order valence-corrected chi connectivity index (χ2v) is 4.11. The van der Waals surface area contributed by atoms with Gasteiger partial charge in [-0.1, -0.05) is 26.0 Å². The maximum atomic E-state index is 10.3. The van der Waals surface area contributed by atoms with Gasteiger partial charge in [0.25, 0.3) is 0 Å². The van der Waals surface area contributed by atoms with Crippen LogP contribution in [0.15, 0.2) is 24.3 Å². The Labute approximate surface area is 86.6 Å². The predicted molar refractivity (Wildman–Crippen MR) is 54.5 cm³/mol. The van der Waals surface area contributed by atoms with Crippen LogP contribution in [0.4, 0.5) is 0 Å². The molecule has 3 nitrogen and oxygen atoms in total. The molecule has 1 unspecified atom stereocenters. The molecule has 0 saturated carbocycles. The maximum absolute atomic E-state index is 10.3. The number of rotatable bonds is 4. The van der Waals surface area contributed by atoms with E-state index < -0.39 is 11.4 Å². The average Bonchev–Trinajstić information content (AvgIpc) is 2.01. The summed E-state index contributed by atoms with van der Waals surface area (Å²) in [5.74, 6) is 0.916. The zero-order valence-corrected chi connectivity index (χ0v) is 9.04. The summed E-state index contributed by atoms with van der Waals surface area (Å²) in [6, 6.07) is 7.12. The lowest BCUT2D eigenvalue weighted by atomic mass is 10.0. The minimum Gasteiger partial charge on any atom is -0.740 e. The summed E-state index contributed by atoms with van der Waals surface area (Å²) in [5, 5.41) is 0. The van der Waals surface area contributed by atoms with Crippen LogP contribution in [-0.4, -0.2) is 8.76 Å². The van der Waals surface area contributed by atoms with Crippen LogP contribution in [0.25, 0.3) is 0 Å². The molecule has 0 bridgehead atoms. The van der Waals surface area contributed by atoms with Crippen molar-refractivity contribution in [1.29, 1.82) is 0 Å². The molecule has 0 aliphatic heterocycles. The Hall–Kier alpha value is -0.870. The van der Waals surface area contributed by atoms with Gasteiger partial charge in [-0.15, -0.1) is 0 Å². The fourth-order valence-corrected chi connectivity index (χ4v) is 1.54. The van der Waals surface area contributed by atoms with Crippen molar-refractivity contribution in [2.75, 3.05) is 0 Å². The van der Waals surface area contributed by atoms with Crippen molar-refractivity contribution < 1.29 is 12.9 Å². The highest BCUT2D eigenvalue weighted by atomic mass is 32.2. The summed E-state index contributed by atoms with van der Waals surface area (Å²) in [5.41, 5.74) is 1.09. The first-order valence-corrected chi connectivity index (χ1v) is 5.44. The number of hydrogen-bond acceptors (Lipinski definition) is 3. The van der Waals surface area contributed by atoms with Gasteiger partial charge in [0, 0.05) is 0 Å². The van der Waals surface area contributed by atoms with Gasteiger partial charge in [-0.2, -0.15) is 0 Å². The lowest BCUT2D eigenvalue weighted by molar-refractivity contribution is 0.440. The molecule has 78 valence electrons. The second kappa shape index (κ2) is 5.12. The first-order chi connectivity index (χ1) is 6.58. The van der Waals surface area contributed by atoms with Crippen LogP contribution in [0.2, 0.25) is 0 Å². The molecule has 14 heavy (non-hydrogen) atoms. The molecule has 0 aliphatic carbocycles. The zero-order chi connectivity index (χ0) is 10.6. The molecule has 1 atom stereocenters. The minimum atomic E-state index is -2.49. The van der Waals surface area contributed by atoms with Crippen LogP contribution >= 0.6 is 0 Å². The van der Waals surface area contributed by atoms with E-state index in [4.69, 9.17) is 0 Å².